The first-order chi connectivity index (χ1) is 17.6. The molecule has 0 amide bonds. The van der Waals surface area contributed by atoms with Crippen LogP contribution in [0.3, 0.4) is 0 Å². The number of hydrogen-bond donors (Lipinski definition) is 0. The number of unbranched alkanes of at least 4 members (excludes halogenated alkanes) is 2. The standard InChI is InChI=1S/C31H40NO4.ClH/c1-2-3-6-17-29(33)36-31(24-13-7-4-8-14-24,25-15-9-5-10-16-25)30(34)35-28-22-26-18-19-27(23-28)32(26)20-11-12-21-32;/h4-5,7-10,13-16,26-28H,2-3,6,11-12,17-23H2,1H3;1H/q+1;/p-1. The lowest BCUT2D eigenvalue weighted by molar-refractivity contribution is -0.956. The highest BCUT2D eigenvalue weighted by Crippen LogP contribution is 2.47. The summed E-state index contributed by atoms with van der Waals surface area (Å²) in [5, 5.41) is 0. The number of piperidine rings is 1. The van der Waals surface area contributed by atoms with E-state index in [2.05, 4.69) is 6.92 Å². The Balaban J connectivity index is 0.00000320. The van der Waals surface area contributed by atoms with Gasteiger partial charge in [-0.25, -0.2) is 4.79 Å². The molecule has 0 saturated carbocycles. The smallest absolute Gasteiger partial charge is 0.360 e. The van der Waals surface area contributed by atoms with Crippen molar-refractivity contribution in [1.29, 1.82) is 0 Å². The fourth-order valence-electron chi connectivity index (χ4n) is 7.19. The number of nitrogens with zero attached hydrogens (tertiary/aromatic N) is 1. The zero-order valence-corrected chi connectivity index (χ0v) is 22.7. The number of carbonyl (C=O) groups excluding carboxylic acids is 2. The van der Waals surface area contributed by atoms with E-state index in [1.54, 1.807) is 0 Å². The molecule has 5 nitrogen and oxygen atoms in total. The molecule has 3 heterocycles. The zero-order chi connectivity index (χ0) is 25.0. The highest BCUT2D eigenvalue weighted by Gasteiger charge is 2.57. The van der Waals surface area contributed by atoms with Gasteiger partial charge in [-0.05, 0) is 6.42 Å². The monoisotopic (exact) mass is 525 g/mol. The molecule has 0 N–H and O–H groups in total. The highest BCUT2D eigenvalue weighted by atomic mass is 35.5. The van der Waals surface area contributed by atoms with Crippen LogP contribution in [-0.4, -0.2) is 47.7 Å². The summed E-state index contributed by atoms with van der Waals surface area (Å²) in [7, 11) is 0. The third kappa shape index (κ3) is 5.31. The van der Waals surface area contributed by atoms with Crippen LogP contribution in [0.4, 0.5) is 0 Å². The third-order valence-electron chi connectivity index (χ3n) is 8.93. The van der Waals surface area contributed by atoms with Crippen molar-refractivity contribution in [2.24, 2.45) is 0 Å². The molecular weight excluding hydrogens is 486 g/mol. The second-order valence-electron chi connectivity index (χ2n) is 11.0. The first-order valence-electron chi connectivity index (χ1n) is 14.0. The Kier molecular flexibility index (Phi) is 8.97. The van der Waals surface area contributed by atoms with Crippen LogP contribution in [0.15, 0.2) is 60.7 Å². The molecule has 6 heteroatoms. The molecule has 3 aliphatic heterocycles. The van der Waals surface area contributed by atoms with E-state index in [1.165, 1.54) is 43.3 Å². The van der Waals surface area contributed by atoms with Crippen LogP contribution in [0.25, 0.3) is 0 Å². The Labute approximate surface area is 227 Å². The average molecular weight is 526 g/mol. The first-order valence-corrected chi connectivity index (χ1v) is 14.0. The molecule has 2 bridgehead atoms. The van der Waals surface area contributed by atoms with E-state index in [9.17, 15) is 9.59 Å². The van der Waals surface area contributed by atoms with Crippen LogP contribution in [-0.2, 0) is 24.7 Å². The molecule has 2 aromatic rings. The largest absolute Gasteiger partial charge is 1.00 e. The summed E-state index contributed by atoms with van der Waals surface area (Å²) >= 11 is 0. The van der Waals surface area contributed by atoms with Crippen molar-refractivity contribution in [2.75, 3.05) is 13.1 Å². The van der Waals surface area contributed by atoms with Crippen LogP contribution in [0.5, 0.6) is 0 Å². The molecule has 5 rings (SSSR count). The van der Waals surface area contributed by atoms with Gasteiger partial charge >= 0.3 is 11.9 Å². The van der Waals surface area contributed by atoms with Gasteiger partial charge in [0.1, 0.15) is 6.10 Å². The molecule has 2 atom stereocenters. The lowest BCUT2D eigenvalue weighted by Crippen LogP contribution is -3.00. The first kappa shape index (κ1) is 27.7. The number of quaternary nitrogens is 1. The maximum atomic E-state index is 14.2. The SMILES string of the molecule is CCCCCC(=O)OC(C(=O)OC1CC2CCC(C1)[N+]21CCCC1)(c1ccccc1)c1ccccc1.[Cl-]. The van der Waals surface area contributed by atoms with E-state index in [0.717, 1.165) is 32.1 Å². The Morgan fingerprint density at radius 2 is 1.41 bits per heavy atom. The van der Waals surface area contributed by atoms with Gasteiger partial charge in [-0.2, -0.15) is 0 Å². The van der Waals surface area contributed by atoms with E-state index in [0.29, 0.717) is 23.2 Å². The summed E-state index contributed by atoms with van der Waals surface area (Å²) in [6.45, 7) is 4.67. The highest BCUT2D eigenvalue weighted by molar-refractivity contribution is 5.89. The van der Waals surface area contributed by atoms with Gasteiger partial charge in [-0.15, -0.1) is 0 Å². The number of hydrogen-bond acceptors (Lipinski definition) is 4. The predicted octanol–water partition coefficient (Wildman–Crippen LogP) is 2.90. The van der Waals surface area contributed by atoms with Gasteiger partial charge in [0, 0.05) is 56.1 Å². The molecule has 3 aliphatic rings. The van der Waals surface area contributed by atoms with Crippen LogP contribution in [0.2, 0.25) is 0 Å². The lowest BCUT2D eigenvalue weighted by Gasteiger charge is -2.47. The minimum atomic E-state index is -1.61. The lowest BCUT2D eigenvalue weighted by atomic mass is 9.85. The van der Waals surface area contributed by atoms with E-state index >= 15 is 0 Å². The fraction of sp³-hybridized carbons (Fsp3) is 0.548. The number of esters is 2. The minimum absolute atomic E-state index is 0. The second kappa shape index (κ2) is 12.0. The molecule has 2 aromatic carbocycles. The Bertz CT molecular complexity index is 982. The van der Waals surface area contributed by atoms with Crippen molar-refractivity contribution in [2.45, 2.75) is 94.9 Å². The molecule has 37 heavy (non-hydrogen) atoms. The van der Waals surface area contributed by atoms with Gasteiger partial charge in [0.2, 0.25) is 0 Å². The molecule has 3 saturated heterocycles. The summed E-state index contributed by atoms with van der Waals surface area (Å²) in [4.78, 5) is 27.4. The average Bonchev–Trinajstić information content (AvgIpc) is 3.45. The molecule has 2 unspecified atom stereocenters. The predicted molar refractivity (Wildman–Crippen MR) is 139 cm³/mol. The fourth-order valence-corrected chi connectivity index (χ4v) is 7.19. The third-order valence-corrected chi connectivity index (χ3v) is 8.93. The minimum Gasteiger partial charge on any atom is -1.00 e. The van der Waals surface area contributed by atoms with Crippen molar-refractivity contribution >= 4 is 11.9 Å². The van der Waals surface area contributed by atoms with Gasteiger partial charge < -0.3 is 26.4 Å². The van der Waals surface area contributed by atoms with Gasteiger partial charge in [0.05, 0.1) is 25.2 Å². The van der Waals surface area contributed by atoms with Crippen LogP contribution in [0.1, 0.15) is 82.3 Å². The summed E-state index contributed by atoms with van der Waals surface area (Å²) in [6, 6.07) is 20.0. The van der Waals surface area contributed by atoms with Gasteiger partial charge in [0.25, 0.3) is 5.60 Å². The quantitative estimate of drug-likeness (QED) is 0.287. The number of halogens is 1. The maximum Gasteiger partial charge on any atom is 0.360 e. The van der Waals surface area contributed by atoms with Gasteiger partial charge in [-0.1, -0.05) is 80.4 Å². The van der Waals surface area contributed by atoms with Crippen LogP contribution >= 0.6 is 0 Å². The summed E-state index contributed by atoms with van der Waals surface area (Å²) < 4.78 is 13.8. The molecule has 1 spiro atoms. The van der Waals surface area contributed by atoms with Gasteiger partial charge in [-0.3, -0.25) is 4.79 Å². The van der Waals surface area contributed by atoms with E-state index < -0.39 is 11.6 Å². The van der Waals surface area contributed by atoms with Gasteiger partial charge in [0.15, 0.2) is 0 Å². The Morgan fingerprint density at radius 1 is 0.865 bits per heavy atom. The van der Waals surface area contributed by atoms with Crippen LogP contribution in [0, 0.1) is 0 Å². The topological polar surface area (TPSA) is 52.6 Å². The molecular formula is C31H40ClNO4. The van der Waals surface area contributed by atoms with Crippen molar-refractivity contribution in [3.63, 3.8) is 0 Å². The zero-order valence-electron chi connectivity index (χ0n) is 21.9. The second-order valence-corrected chi connectivity index (χ2v) is 11.0. The van der Waals surface area contributed by atoms with Crippen molar-refractivity contribution in [3.8, 4) is 0 Å². The summed E-state index contributed by atoms with van der Waals surface area (Å²) in [6.07, 6.45) is 9.78. The Hall–Kier alpha value is -2.37. The molecule has 0 radical (unpaired) electrons. The summed E-state index contributed by atoms with van der Waals surface area (Å²) in [5.74, 6) is -0.832. The summed E-state index contributed by atoms with van der Waals surface area (Å²) in [5.41, 5.74) is -0.346. The number of rotatable bonds is 9. The van der Waals surface area contributed by atoms with E-state index in [-0.39, 0.29) is 30.9 Å². The number of ether oxygens (including phenoxy) is 2. The molecule has 0 aromatic heterocycles. The normalized spacial score (nSPS) is 23.9. The molecule has 200 valence electrons. The number of benzene rings is 2. The van der Waals surface area contributed by atoms with E-state index in [4.69, 9.17) is 9.47 Å². The van der Waals surface area contributed by atoms with Crippen molar-refractivity contribution in [3.05, 3.63) is 71.8 Å². The van der Waals surface area contributed by atoms with Crippen LogP contribution < -0.4 is 12.4 Å². The maximum absolute atomic E-state index is 14.2. The van der Waals surface area contributed by atoms with Crippen molar-refractivity contribution < 1.29 is 36.0 Å². The van der Waals surface area contributed by atoms with E-state index in [1.807, 2.05) is 60.7 Å². The molecule has 3 fully saturated rings. The van der Waals surface area contributed by atoms with Crippen molar-refractivity contribution in [1.82, 2.24) is 0 Å². The number of carbonyl (C=O) groups is 2. The molecule has 0 aliphatic carbocycles. The Morgan fingerprint density at radius 3 is 1.92 bits per heavy atom.